The van der Waals surface area contributed by atoms with Crippen molar-refractivity contribution in [3.05, 3.63) is 17.5 Å². The Hall–Kier alpha value is -1.87. The Kier molecular flexibility index (Phi) is 8.80. The molecule has 0 spiro atoms. The summed E-state index contributed by atoms with van der Waals surface area (Å²) in [6, 6.07) is 4.06. The van der Waals surface area contributed by atoms with E-state index in [9.17, 15) is 9.59 Å². The topological polar surface area (TPSA) is 103 Å². The van der Waals surface area contributed by atoms with Gasteiger partial charge in [-0.3, -0.25) is 9.59 Å². The smallest absolute Gasteiger partial charge is 0.230 e. The zero-order chi connectivity index (χ0) is 19.6. The average molecular weight is 410 g/mol. The Morgan fingerprint density at radius 2 is 2.19 bits per heavy atom. The molecule has 9 heteroatoms. The van der Waals surface area contributed by atoms with Crippen LogP contribution in [0.5, 0.6) is 0 Å². The van der Waals surface area contributed by atoms with Gasteiger partial charge in [0.15, 0.2) is 11.0 Å². The van der Waals surface area contributed by atoms with Gasteiger partial charge in [-0.2, -0.15) is 0 Å². The fraction of sp³-hybridized carbons (Fsp3) is 0.556. The van der Waals surface area contributed by atoms with Crippen molar-refractivity contribution in [1.29, 1.82) is 0 Å². The second-order valence-corrected chi connectivity index (χ2v) is 8.29. The number of carbonyl (C=O) groups is 2. The van der Waals surface area contributed by atoms with Gasteiger partial charge in [0.2, 0.25) is 11.8 Å². The summed E-state index contributed by atoms with van der Waals surface area (Å²) in [5.41, 5.74) is 5.29. The fourth-order valence-corrected chi connectivity index (χ4v) is 4.12. The van der Waals surface area contributed by atoms with E-state index in [1.54, 1.807) is 11.3 Å². The van der Waals surface area contributed by atoms with Gasteiger partial charge in [0.1, 0.15) is 0 Å². The maximum Gasteiger partial charge on any atom is 0.230 e. The number of hydrogen-bond acceptors (Lipinski definition) is 6. The zero-order valence-corrected chi connectivity index (χ0v) is 17.4. The number of hydrogen-bond donors (Lipinski definition) is 2. The molecule has 0 saturated carbocycles. The van der Waals surface area contributed by atoms with Crippen LogP contribution in [0.25, 0.3) is 10.7 Å². The highest BCUT2D eigenvalue weighted by Crippen LogP contribution is 2.27. The molecule has 0 radical (unpaired) electrons. The second kappa shape index (κ2) is 11.1. The van der Waals surface area contributed by atoms with E-state index in [0.29, 0.717) is 17.5 Å². The van der Waals surface area contributed by atoms with Crippen LogP contribution < -0.4 is 11.1 Å². The number of thioether (sulfide) groups is 1. The van der Waals surface area contributed by atoms with E-state index in [0.717, 1.165) is 17.7 Å². The first-order valence-electron chi connectivity index (χ1n) is 9.18. The molecule has 0 fully saturated rings. The van der Waals surface area contributed by atoms with E-state index >= 15 is 0 Å². The van der Waals surface area contributed by atoms with E-state index in [2.05, 4.69) is 22.4 Å². The molecule has 2 rings (SSSR count). The quantitative estimate of drug-likeness (QED) is 0.414. The summed E-state index contributed by atoms with van der Waals surface area (Å²) in [5.74, 6) is 0.556. The number of unbranched alkanes of at least 4 members (excludes halogenated alkanes) is 2. The first-order chi connectivity index (χ1) is 13.0. The van der Waals surface area contributed by atoms with Gasteiger partial charge in [-0.05, 0) is 24.8 Å². The second-order valence-electron chi connectivity index (χ2n) is 6.40. The molecule has 7 nitrogen and oxygen atoms in total. The lowest BCUT2D eigenvalue weighted by atomic mass is 10.1. The summed E-state index contributed by atoms with van der Waals surface area (Å²) < 4.78 is 1.86. The number of thiophene rings is 1. The van der Waals surface area contributed by atoms with Crippen molar-refractivity contribution >= 4 is 34.9 Å². The van der Waals surface area contributed by atoms with E-state index in [-0.39, 0.29) is 30.0 Å². The van der Waals surface area contributed by atoms with Gasteiger partial charge in [-0.15, -0.1) is 21.5 Å². The minimum atomic E-state index is -0.379. The lowest BCUT2D eigenvalue weighted by molar-refractivity contribution is -0.119. The molecule has 3 N–H and O–H groups in total. The number of aromatic nitrogens is 3. The minimum Gasteiger partial charge on any atom is -0.370 e. The molecule has 0 aromatic carbocycles. The van der Waals surface area contributed by atoms with E-state index < -0.39 is 0 Å². The molecular formula is C18H27N5O2S2. The van der Waals surface area contributed by atoms with Crippen LogP contribution >= 0.6 is 23.1 Å². The van der Waals surface area contributed by atoms with Gasteiger partial charge in [-0.25, -0.2) is 0 Å². The Balaban J connectivity index is 1.96. The maximum absolute atomic E-state index is 12.2. The van der Waals surface area contributed by atoms with E-state index in [1.807, 2.05) is 29.0 Å². The van der Waals surface area contributed by atoms with Crippen LogP contribution in [0, 0.1) is 0 Å². The molecule has 2 amide bonds. The van der Waals surface area contributed by atoms with Crippen LogP contribution in [-0.4, -0.2) is 38.4 Å². The third-order valence-corrected chi connectivity index (χ3v) is 5.85. The van der Waals surface area contributed by atoms with Crippen molar-refractivity contribution in [2.24, 2.45) is 5.73 Å². The summed E-state index contributed by atoms with van der Waals surface area (Å²) in [4.78, 5) is 24.4. The molecule has 0 bridgehead atoms. The normalized spacial score (nSPS) is 12.1. The van der Waals surface area contributed by atoms with Crippen molar-refractivity contribution in [1.82, 2.24) is 20.1 Å². The fourth-order valence-electron chi connectivity index (χ4n) is 2.63. The first kappa shape index (κ1) is 21.4. The van der Waals surface area contributed by atoms with Gasteiger partial charge in [0, 0.05) is 19.0 Å². The van der Waals surface area contributed by atoms with Crippen LogP contribution in [0.3, 0.4) is 0 Å². The number of nitrogens with zero attached hydrogens (tertiary/aromatic N) is 3. The van der Waals surface area contributed by atoms with Gasteiger partial charge >= 0.3 is 0 Å². The molecule has 0 aliphatic heterocycles. The molecule has 0 aliphatic rings. The highest BCUT2D eigenvalue weighted by Gasteiger charge is 2.17. The van der Waals surface area contributed by atoms with Crippen molar-refractivity contribution in [3.8, 4) is 10.7 Å². The Bertz CT molecular complexity index is 730. The lowest BCUT2D eigenvalue weighted by Gasteiger charge is -2.13. The van der Waals surface area contributed by atoms with Gasteiger partial charge < -0.3 is 15.6 Å². The molecule has 27 heavy (non-hydrogen) atoms. The summed E-state index contributed by atoms with van der Waals surface area (Å²) in [6.45, 7) is 4.59. The monoisotopic (exact) mass is 409 g/mol. The summed E-state index contributed by atoms with van der Waals surface area (Å²) in [5, 5.41) is 14.1. The third-order valence-electron chi connectivity index (χ3n) is 4.02. The highest BCUT2D eigenvalue weighted by molar-refractivity contribution is 7.99. The van der Waals surface area contributed by atoms with Crippen molar-refractivity contribution < 1.29 is 9.59 Å². The number of nitrogens with one attached hydrogen (secondary N) is 1. The number of carbonyl (C=O) groups excluding carboxylic acids is 2. The third kappa shape index (κ3) is 6.99. The van der Waals surface area contributed by atoms with Crippen molar-refractivity contribution in [3.63, 3.8) is 0 Å². The summed E-state index contributed by atoms with van der Waals surface area (Å²) >= 11 is 2.88. The highest BCUT2D eigenvalue weighted by atomic mass is 32.2. The molecule has 0 aliphatic carbocycles. The predicted octanol–water partition coefficient (Wildman–Crippen LogP) is 3.06. The summed E-state index contributed by atoms with van der Waals surface area (Å²) in [7, 11) is 0. The molecule has 2 aromatic heterocycles. The molecule has 1 atom stereocenters. The van der Waals surface area contributed by atoms with E-state index in [4.69, 9.17) is 5.73 Å². The largest absolute Gasteiger partial charge is 0.370 e. The molecule has 2 aromatic rings. The Labute approximate surface area is 168 Å². The van der Waals surface area contributed by atoms with Crippen LogP contribution in [-0.2, 0) is 16.1 Å². The predicted molar refractivity (Wildman–Crippen MR) is 110 cm³/mol. The lowest BCUT2D eigenvalue weighted by Crippen LogP contribution is -2.33. The number of rotatable bonds is 12. The Morgan fingerprint density at radius 1 is 1.37 bits per heavy atom. The summed E-state index contributed by atoms with van der Waals surface area (Å²) in [6.07, 6.45) is 4.66. The molecule has 2 heterocycles. The zero-order valence-electron chi connectivity index (χ0n) is 15.8. The molecule has 1 unspecified atom stereocenters. The molecule has 0 saturated heterocycles. The molecule has 148 valence electrons. The van der Waals surface area contributed by atoms with Gasteiger partial charge in [-0.1, -0.05) is 44.0 Å². The number of nitrogens with two attached hydrogens (primary N) is 1. The maximum atomic E-state index is 12.2. The van der Waals surface area contributed by atoms with Gasteiger partial charge in [0.05, 0.1) is 10.6 Å². The van der Waals surface area contributed by atoms with Crippen molar-refractivity contribution in [2.75, 3.05) is 5.75 Å². The van der Waals surface area contributed by atoms with Crippen LogP contribution in [0.15, 0.2) is 22.7 Å². The van der Waals surface area contributed by atoms with Gasteiger partial charge in [0.25, 0.3) is 0 Å². The van der Waals surface area contributed by atoms with Crippen LogP contribution in [0.2, 0.25) is 0 Å². The minimum absolute atomic E-state index is 0.0221. The average Bonchev–Trinajstić information content (AvgIpc) is 3.27. The number of amides is 2. The Morgan fingerprint density at radius 3 is 2.85 bits per heavy atom. The number of primary amides is 1. The van der Waals surface area contributed by atoms with Crippen molar-refractivity contribution in [2.45, 2.75) is 63.7 Å². The van der Waals surface area contributed by atoms with Crippen LogP contribution in [0.4, 0.5) is 0 Å². The first-order valence-corrected chi connectivity index (χ1v) is 11.0. The molecular weight excluding hydrogens is 382 g/mol. The van der Waals surface area contributed by atoms with Crippen LogP contribution in [0.1, 0.15) is 46.0 Å². The van der Waals surface area contributed by atoms with E-state index in [1.165, 1.54) is 24.6 Å². The SMILES string of the molecule is CCCCCC(C)NC(=O)CSc1nnc(-c2cccs2)n1CCC(N)=O. The standard InChI is InChI=1S/C18H27N5O2S2/c1-3-4-5-7-13(2)20-16(25)12-27-18-22-21-17(14-8-6-11-26-14)23(18)10-9-15(19)24/h6,8,11,13H,3-5,7,9-10,12H2,1-2H3,(H2,19,24)(H,20,25).